The van der Waals surface area contributed by atoms with Crippen LogP contribution in [0.15, 0.2) is 0 Å². The van der Waals surface area contributed by atoms with Gasteiger partial charge in [0.25, 0.3) is 0 Å². The lowest BCUT2D eigenvalue weighted by atomic mass is 10.7. The summed E-state index contributed by atoms with van der Waals surface area (Å²) in [5, 5.41) is 0. The molecule has 4 nitrogen and oxygen atoms in total. The van der Waals surface area contributed by atoms with Crippen LogP contribution < -0.4 is 0 Å². The average Bonchev–Trinajstić information content (AvgIpc) is 2.12. The minimum Gasteiger partial charge on any atom is -0.467 e. The Bertz CT molecular complexity index is 170. The van der Waals surface area contributed by atoms with Crippen LogP contribution in [-0.2, 0) is 18.7 Å². The zero-order valence-electron chi connectivity index (χ0n) is 9.46. The van der Waals surface area contributed by atoms with Crippen LogP contribution in [0, 0.1) is 0 Å². The molecule has 0 radical (unpaired) electrons. The summed E-state index contributed by atoms with van der Waals surface area (Å²) < 4.78 is 15.2. The van der Waals surface area contributed by atoms with Gasteiger partial charge in [-0.3, -0.25) is 0 Å². The van der Waals surface area contributed by atoms with Crippen LogP contribution in [-0.4, -0.2) is 41.2 Å². The van der Waals surface area contributed by atoms with Crippen LogP contribution in [0.3, 0.4) is 0 Å². The first-order valence-corrected chi connectivity index (χ1v) is 7.92. The zero-order valence-corrected chi connectivity index (χ0v) is 10.5. The summed E-state index contributed by atoms with van der Waals surface area (Å²) in [7, 11) is -0.211. The molecule has 0 aliphatic heterocycles. The number of esters is 1. The van der Waals surface area contributed by atoms with Gasteiger partial charge in [-0.25, -0.2) is 4.79 Å². The van der Waals surface area contributed by atoms with Gasteiger partial charge in [-0.1, -0.05) is 0 Å². The first-order chi connectivity index (χ1) is 6.52. The number of carbonyl (C=O) groups excluding carboxylic acids is 1. The second-order valence-corrected chi connectivity index (χ2v) is 7.88. The molecular weight excluding hydrogens is 200 g/mol. The van der Waals surface area contributed by atoms with Gasteiger partial charge in [-0.15, -0.1) is 0 Å². The SMILES string of the molecule is CCO[Si](C)(C)CCOCC(=O)OC. The first kappa shape index (κ1) is 13.6. The molecular formula is C9H20O4Si. The molecule has 0 aromatic carbocycles. The van der Waals surface area contributed by atoms with E-state index in [2.05, 4.69) is 17.8 Å². The van der Waals surface area contributed by atoms with E-state index in [-0.39, 0.29) is 12.6 Å². The van der Waals surface area contributed by atoms with E-state index in [1.54, 1.807) is 0 Å². The van der Waals surface area contributed by atoms with Crippen LogP contribution in [0.1, 0.15) is 6.92 Å². The fraction of sp³-hybridized carbons (Fsp3) is 0.889. The van der Waals surface area contributed by atoms with Crippen LogP contribution in [0.2, 0.25) is 19.1 Å². The van der Waals surface area contributed by atoms with Gasteiger partial charge >= 0.3 is 5.97 Å². The molecule has 0 bridgehead atoms. The predicted octanol–water partition coefficient (Wildman–Crippen LogP) is 1.42. The molecule has 0 saturated carbocycles. The Kier molecular flexibility index (Phi) is 6.78. The Hall–Kier alpha value is -0.393. The summed E-state index contributed by atoms with van der Waals surface area (Å²) >= 11 is 0. The molecule has 14 heavy (non-hydrogen) atoms. The Balaban J connectivity index is 3.48. The number of ether oxygens (including phenoxy) is 2. The Morgan fingerprint density at radius 2 is 2.00 bits per heavy atom. The minimum atomic E-state index is -1.56. The van der Waals surface area contributed by atoms with E-state index in [0.29, 0.717) is 6.61 Å². The maximum Gasteiger partial charge on any atom is 0.331 e. The van der Waals surface area contributed by atoms with Gasteiger partial charge in [0.2, 0.25) is 0 Å². The van der Waals surface area contributed by atoms with E-state index >= 15 is 0 Å². The maximum absolute atomic E-state index is 10.7. The van der Waals surface area contributed by atoms with Gasteiger partial charge in [0.15, 0.2) is 8.32 Å². The molecule has 0 aromatic rings. The third-order valence-corrected chi connectivity index (χ3v) is 4.31. The third kappa shape index (κ3) is 7.05. The minimum absolute atomic E-state index is 0.0348. The van der Waals surface area contributed by atoms with Gasteiger partial charge in [0.1, 0.15) is 6.61 Å². The maximum atomic E-state index is 10.7. The van der Waals surface area contributed by atoms with Crippen LogP contribution in [0.25, 0.3) is 0 Å². The molecule has 0 rings (SSSR count). The van der Waals surface area contributed by atoms with E-state index in [1.807, 2.05) is 6.92 Å². The summed E-state index contributed by atoms with van der Waals surface area (Å²) in [5.74, 6) is -0.333. The highest BCUT2D eigenvalue weighted by atomic mass is 28.4. The number of carbonyl (C=O) groups is 1. The topological polar surface area (TPSA) is 44.8 Å². The van der Waals surface area contributed by atoms with Crippen molar-refractivity contribution in [1.29, 1.82) is 0 Å². The van der Waals surface area contributed by atoms with Crippen LogP contribution in [0.4, 0.5) is 0 Å². The molecule has 0 aliphatic carbocycles. The molecule has 0 unspecified atom stereocenters. The molecule has 0 spiro atoms. The lowest BCUT2D eigenvalue weighted by Crippen LogP contribution is -2.32. The van der Waals surface area contributed by atoms with E-state index < -0.39 is 8.32 Å². The largest absolute Gasteiger partial charge is 0.467 e. The summed E-state index contributed by atoms with van der Waals surface area (Å²) in [6.45, 7) is 7.61. The van der Waals surface area contributed by atoms with Crippen molar-refractivity contribution in [3.63, 3.8) is 0 Å². The van der Waals surface area contributed by atoms with Crippen molar-refractivity contribution in [3.05, 3.63) is 0 Å². The number of hydrogen-bond donors (Lipinski definition) is 0. The van der Waals surface area contributed by atoms with Gasteiger partial charge in [-0.2, -0.15) is 0 Å². The highest BCUT2D eigenvalue weighted by Gasteiger charge is 2.21. The zero-order chi connectivity index (χ0) is 11.0. The highest BCUT2D eigenvalue weighted by molar-refractivity contribution is 6.71. The van der Waals surface area contributed by atoms with Crippen LogP contribution in [0.5, 0.6) is 0 Å². The van der Waals surface area contributed by atoms with Gasteiger partial charge < -0.3 is 13.9 Å². The monoisotopic (exact) mass is 220 g/mol. The van der Waals surface area contributed by atoms with Crippen molar-refractivity contribution < 1.29 is 18.7 Å². The molecule has 0 atom stereocenters. The highest BCUT2D eigenvalue weighted by Crippen LogP contribution is 2.10. The van der Waals surface area contributed by atoms with Gasteiger partial charge in [0.05, 0.1) is 7.11 Å². The Labute approximate surface area is 86.7 Å². The average molecular weight is 220 g/mol. The number of methoxy groups -OCH3 is 1. The lowest BCUT2D eigenvalue weighted by molar-refractivity contribution is -0.145. The quantitative estimate of drug-likeness (QED) is 0.370. The normalized spacial score (nSPS) is 11.4. The van der Waals surface area contributed by atoms with Gasteiger partial charge in [0, 0.05) is 13.2 Å². The third-order valence-electron chi connectivity index (χ3n) is 1.83. The first-order valence-electron chi connectivity index (χ1n) is 4.80. The molecule has 0 aliphatic rings. The number of rotatable bonds is 7. The molecule has 84 valence electrons. The molecule has 0 N–H and O–H groups in total. The van der Waals surface area contributed by atoms with Crippen LogP contribution >= 0.6 is 0 Å². The Morgan fingerprint density at radius 3 is 2.50 bits per heavy atom. The van der Waals surface area contributed by atoms with E-state index in [0.717, 1.165) is 12.7 Å². The predicted molar refractivity (Wildman–Crippen MR) is 56.8 cm³/mol. The smallest absolute Gasteiger partial charge is 0.331 e. The van der Waals surface area contributed by atoms with E-state index in [1.165, 1.54) is 7.11 Å². The molecule has 0 fully saturated rings. The standard InChI is InChI=1S/C9H20O4Si/c1-5-13-14(3,4)7-6-12-8-9(10)11-2/h5-8H2,1-4H3. The van der Waals surface area contributed by atoms with E-state index in [4.69, 9.17) is 9.16 Å². The fourth-order valence-electron chi connectivity index (χ4n) is 0.995. The molecule has 0 amide bonds. The van der Waals surface area contributed by atoms with Crippen molar-refractivity contribution in [1.82, 2.24) is 0 Å². The second kappa shape index (κ2) is 6.97. The molecule has 0 saturated heterocycles. The lowest BCUT2D eigenvalue weighted by Gasteiger charge is -2.21. The number of hydrogen-bond acceptors (Lipinski definition) is 4. The van der Waals surface area contributed by atoms with Crippen molar-refractivity contribution in [2.45, 2.75) is 26.1 Å². The Morgan fingerprint density at radius 1 is 1.36 bits per heavy atom. The molecule has 0 heterocycles. The van der Waals surface area contributed by atoms with Crippen molar-refractivity contribution in [2.24, 2.45) is 0 Å². The summed E-state index contributed by atoms with van der Waals surface area (Å²) in [6, 6.07) is 0.901. The van der Waals surface area contributed by atoms with E-state index in [9.17, 15) is 4.79 Å². The van der Waals surface area contributed by atoms with Crippen molar-refractivity contribution in [2.75, 3.05) is 26.9 Å². The molecule has 5 heteroatoms. The summed E-state index contributed by atoms with van der Waals surface area (Å²) in [5.41, 5.74) is 0. The van der Waals surface area contributed by atoms with Crippen molar-refractivity contribution >= 4 is 14.3 Å². The van der Waals surface area contributed by atoms with Crippen molar-refractivity contribution in [3.8, 4) is 0 Å². The fourth-order valence-corrected chi connectivity index (χ4v) is 2.56. The summed E-state index contributed by atoms with van der Waals surface area (Å²) in [4.78, 5) is 10.7. The summed E-state index contributed by atoms with van der Waals surface area (Å²) in [6.07, 6.45) is 0. The second-order valence-electron chi connectivity index (χ2n) is 3.57. The van der Waals surface area contributed by atoms with Gasteiger partial charge in [-0.05, 0) is 26.1 Å². The molecule has 0 aromatic heterocycles.